The third kappa shape index (κ3) is 6.56. The van der Waals surface area contributed by atoms with E-state index in [4.69, 9.17) is 15.2 Å². The van der Waals surface area contributed by atoms with Crippen molar-refractivity contribution in [2.24, 2.45) is 0 Å². The van der Waals surface area contributed by atoms with Crippen molar-refractivity contribution in [3.05, 3.63) is 103 Å². The number of benzene rings is 3. The van der Waals surface area contributed by atoms with Crippen LogP contribution in [0.25, 0.3) is 22.2 Å². The number of nitrogens with zero attached hydrogens (tertiary/aromatic N) is 3. The standard InChI is InChI=1S/C34H36N6O3/c1-42-28-16-10-23(11-17-28)19-36-34(41)39-26-12-14-27(15-13-26)40-20-30(31-32(35)37-22-38-33(31)40)25-8-5-9-29(18-25)43-21-24-6-3-2-4-7-24/h2-11,16-18,20,22,26-27H,12-15,19,21H2,1H3,(H2,35,37,38)(H2,36,39,41). The second kappa shape index (κ2) is 12.9. The van der Waals surface area contributed by atoms with Crippen LogP contribution < -0.4 is 25.8 Å². The van der Waals surface area contributed by atoms with Crippen molar-refractivity contribution >= 4 is 22.9 Å². The van der Waals surface area contributed by atoms with E-state index >= 15 is 0 Å². The minimum absolute atomic E-state index is 0.117. The van der Waals surface area contributed by atoms with Crippen molar-refractivity contribution in [3.63, 3.8) is 0 Å². The minimum Gasteiger partial charge on any atom is -0.497 e. The van der Waals surface area contributed by atoms with E-state index in [0.717, 1.165) is 70.5 Å². The molecule has 1 aliphatic carbocycles. The summed E-state index contributed by atoms with van der Waals surface area (Å²) in [7, 11) is 1.64. The molecule has 0 unspecified atom stereocenters. The largest absolute Gasteiger partial charge is 0.497 e. The quantitative estimate of drug-likeness (QED) is 0.191. The number of hydrogen-bond donors (Lipinski definition) is 3. The number of fused-ring (bicyclic) bond motifs is 1. The zero-order chi connectivity index (χ0) is 29.6. The van der Waals surface area contributed by atoms with Gasteiger partial charge in [-0.15, -0.1) is 0 Å². The van der Waals surface area contributed by atoms with Gasteiger partial charge in [0.15, 0.2) is 0 Å². The molecule has 0 spiro atoms. The SMILES string of the molecule is COc1ccc(CNC(=O)NC2CCC(n3cc(-c4cccc(OCc5ccccc5)c4)c4c(N)ncnc43)CC2)cc1. The predicted octanol–water partition coefficient (Wildman–Crippen LogP) is 6.25. The summed E-state index contributed by atoms with van der Waals surface area (Å²) in [4.78, 5) is 21.5. The minimum atomic E-state index is -0.150. The highest BCUT2D eigenvalue weighted by atomic mass is 16.5. The maximum Gasteiger partial charge on any atom is 0.315 e. The van der Waals surface area contributed by atoms with E-state index in [2.05, 4.69) is 49.6 Å². The molecule has 0 aliphatic heterocycles. The Morgan fingerprint density at radius 3 is 2.49 bits per heavy atom. The Balaban J connectivity index is 1.12. The molecule has 43 heavy (non-hydrogen) atoms. The molecule has 1 aliphatic rings. The van der Waals surface area contributed by atoms with Gasteiger partial charge in [0.25, 0.3) is 0 Å². The Bertz CT molecular complexity index is 1680. The summed E-state index contributed by atoms with van der Waals surface area (Å²) in [5.74, 6) is 2.04. The van der Waals surface area contributed by atoms with Gasteiger partial charge in [-0.2, -0.15) is 0 Å². The lowest BCUT2D eigenvalue weighted by atomic mass is 9.91. The lowest BCUT2D eigenvalue weighted by Crippen LogP contribution is -2.43. The number of anilines is 1. The first-order valence-corrected chi connectivity index (χ1v) is 14.6. The molecule has 2 amide bonds. The molecule has 220 valence electrons. The summed E-state index contributed by atoms with van der Waals surface area (Å²) < 4.78 is 13.5. The van der Waals surface area contributed by atoms with Gasteiger partial charge in [-0.1, -0.05) is 54.6 Å². The first-order valence-electron chi connectivity index (χ1n) is 14.6. The van der Waals surface area contributed by atoms with Crippen LogP contribution in [0.3, 0.4) is 0 Å². The second-order valence-corrected chi connectivity index (χ2v) is 10.9. The molecule has 3 aromatic carbocycles. The van der Waals surface area contributed by atoms with Gasteiger partial charge in [-0.3, -0.25) is 0 Å². The monoisotopic (exact) mass is 576 g/mol. The third-order valence-electron chi connectivity index (χ3n) is 8.07. The van der Waals surface area contributed by atoms with Crippen molar-refractivity contribution in [2.45, 2.75) is 50.9 Å². The summed E-state index contributed by atoms with van der Waals surface area (Å²) >= 11 is 0. The van der Waals surface area contributed by atoms with Gasteiger partial charge in [0.2, 0.25) is 0 Å². The molecule has 0 atom stereocenters. The average Bonchev–Trinajstić information content (AvgIpc) is 3.45. The van der Waals surface area contributed by atoms with Crippen LogP contribution in [0.15, 0.2) is 91.4 Å². The van der Waals surface area contributed by atoms with Crippen LogP contribution in [0.2, 0.25) is 0 Å². The van der Waals surface area contributed by atoms with Crippen LogP contribution in [-0.4, -0.2) is 33.7 Å². The molecular formula is C34H36N6O3. The maximum atomic E-state index is 12.6. The van der Waals surface area contributed by atoms with E-state index in [1.165, 1.54) is 6.33 Å². The zero-order valence-electron chi connectivity index (χ0n) is 24.2. The number of methoxy groups -OCH3 is 1. The molecule has 2 heterocycles. The van der Waals surface area contributed by atoms with Gasteiger partial charge < -0.3 is 30.4 Å². The lowest BCUT2D eigenvalue weighted by molar-refractivity contribution is 0.227. The summed E-state index contributed by atoms with van der Waals surface area (Å²) in [6, 6.07) is 26.1. The maximum absolute atomic E-state index is 12.6. The zero-order valence-corrected chi connectivity index (χ0v) is 24.2. The fourth-order valence-corrected chi connectivity index (χ4v) is 5.76. The van der Waals surface area contributed by atoms with E-state index in [1.54, 1.807) is 7.11 Å². The summed E-state index contributed by atoms with van der Waals surface area (Å²) in [5, 5.41) is 6.96. The Labute approximate surface area is 251 Å². The van der Waals surface area contributed by atoms with Crippen LogP contribution in [0.4, 0.5) is 10.6 Å². The smallest absolute Gasteiger partial charge is 0.315 e. The fraction of sp³-hybridized carbons (Fsp3) is 0.265. The van der Waals surface area contributed by atoms with Crippen LogP contribution in [0.1, 0.15) is 42.9 Å². The van der Waals surface area contributed by atoms with E-state index in [0.29, 0.717) is 19.0 Å². The average molecular weight is 577 g/mol. The molecule has 0 radical (unpaired) electrons. The first-order chi connectivity index (χ1) is 21.1. The third-order valence-corrected chi connectivity index (χ3v) is 8.07. The molecular weight excluding hydrogens is 540 g/mol. The van der Waals surface area contributed by atoms with E-state index in [9.17, 15) is 4.79 Å². The Morgan fingerprint density at radius 1 is 0.930 bits per heavy atom. The molecule has 1 saturated carbocycles. The molecule has 0 saturated heterocycles. The first kappa shape index (κ1) is 28.1. The number of carbonyl (C=O) groups is 1. The van der Waals surface area contributed by atoms with Crippen LogP contribution in [0.5, 0.6) is 11.5 Å². The van der Waals surface area contributed by atoms with E-state index in [-0.39, 0.29) is 18.1 Å². The summed E-state index contributed by atoms with van der Waals surface area (Å²) in [5.41, 5.74) is 11.4. The van der Waals surface area contributed by atoms with Crippen LogP contribution in [-0.2, 0) is 13.2 Å². The van der Waals surface area contributed by atoms with Crippen LogP contribution in [0, 0.1) is 0 Å². The second-order valence-electron chi connectivity index (χ2n) is 10.9. The summed E-state index contributed by atoms with van der Waals surface area (Å²) in [6.07, 6.45) is 7.25. The molecule has 9 nitrogen and oxygen atoms in total. The molecule has 2 aromatic heterocycles. The van der Waals surface area contributed by atoms with Gasteiger partial charge in [0.05, 0.1) is 12.5 Å². The molecule has 6 rings (SSSR count). The highest BCUT2D eigenvalue weighted by molar-refractivity contribution is 6.00. The number of amides is 2. The number of rotatable bonds is 9. The van der Waals surface area contributed by atoms with E-state index < -0.39 is 0 Å². The Kier molecular flexibility index (Phi) is 8.40. The topological polar surface area (TPSA) is 116 Å². The van der Waals surface area contributed by atoms with Crippen molar-refractivity contribution in [1.29, 1.82) is 0 Å². The van der Waals surface area contributed by atoms with Gasteiger partial charge in [0.1, 0.15) is 35.9 Å². The normalized spacial score (nSPS) is 16.5. The highest BCUT2D eigenvalue weighted by Gasteiger charge is 2.26. The van der Waals surface area contributed by atoms with Gasteiger partial charge in [-0.25, -0.2) is 14.8 Å². The van der Waals surface area contributed by atoms with Gasteiger partial charge in [-0.05, 0) is 66.6 Å². The number of nitrogen functional groups attached to an aromatic ring is 1. The fourth-order valence-electron chi connectivity index (χ4n) is 5.76. The van der Waals surface area contributed by atoms with Crippen molar-refractivity contribution in [3.8, 4) is 22.6 Å². The molecule has 1 fully saturated rings. The molecule has 4 N–H and O–H groups in total. The Hall–Kier alpha value is -5.05. The number of nitrogens with one attached hydrogen (secondary N) is 2. The number of ether oxygens (including phenoxy) is 2. The summed E-state index contributed by atoms with van der Waals surface area (Å²) in [6.45, 7) is 0.955. The van der Waals surface area contributed by atoms with Crippen molar-refractivity contribution in [1.82, 2.24) is 25.2 Å². The Morgan fingerprint density at radius 2 is 1.72 bits per heavy atom. The van der Waals surface area contributed by atoms with E-state index in [1.807, 2.05) is 60.7 Å². The van der Waals surface area contributed by atoms with Crippen molar-refractivity contribution in [2.75, 3.05) is 12.8 Å². The van der Waals surface area contributed by atoms with Gasteiger partial charge >= 0.3 is 6.03 Å². The predicted molar refractivity (Wildman–Crippen MR) is 168 cm³/mol. The number of carbonyl (C=O) groups excluding carboxylic acids is 1. The van der Waals surface area contributed by atoms with Crippen molar-refractivity contribution < 1.29 is 14.3 Å². The van der Waals surface area contributed by atoms with Crippen LogP contribution >= 0.6 is 0 Å². The van der Waals surface area contributed by atoms with Gasteiger partial charge in [0, 0.05) is 30.4 Å². The molecule has 5 aromatic rings. The lowest BCUT2D eigenvalue weighted by Gasteiger charge is -2.30. The molecule has 9 heteroatoms. The number of hydrogen-bond acceptors (Lipinski definition) is 6. The number of aromatic nitrogens is 3. The highest BCUT2D eigenvalue weighted by Crippen LogP contribution is 2.39. The number of nitrogens with two attached hydrogens (primary N) is 1. The number of urea groups is 1. The molecule has 0 bridgehead atoms.